The molecule has 102 valence electrons. The number of rotatable bonds is 4. The predicted octanol–water partition coefficient (Wildman–Crippen LogP) is 2.38. The van der Waals surface area contributed by atoms with E-state index in [2.05, 4.69) is 26.2 Å². The highest BCUT2D eigenvalue weighted by atomic mass is 79.9. The van der Waals surface area contributed by atoms with Crippen molar-refractivity contribution < 1.29 is 14.7 Å². The van der Waals surface area contributed by atoms with Crippen molar-refractivity contribution in [2.24, 2.45) is 5.73 Å². The van der Waals surface area contributed by atoms with Crippen molar-refractivity contribution >= 4 is 39.3 Å². The zero-order valence-electron chi connectivity index (χ0n) is 10.1. The summed E-state index contributed by atoms with van der Waals surface area (Å²) in [5, 5.41) is 12.0. The molecule has 0 aliphatic rings. The monoisotopic (exact) mass is 335 g/mol. The van der Waals surface area contributed by atoms with Crippen LogP contribution >= 0.6 is 15.9 Å². The molecule has 1 aromatic heterocycles. The number of amides is 1. The van der Waals surface area contributed by atoms with Crippen LogP contribution in [-0.4, -0.2) is 22.0 Å². The number of carbonyl (C=O) groups excluding carboxylic acids is 1. The number of carbonyl (C=O) groups is 2. The Kier molecular flexibility index (Phi) is 3.99. The van der Waals surface area contributed by atoms with Crippen LogP contribution in [-0.2, 0) is 0 Å². The van der Waals surface area contributed by atoms with Crippen LogP contribution in [0.15, 0.2) is 41.0 Å². The number of hydrogen-bond donors (Lipinski definition) is 3. The summed E-state index contributed by atoms with van der Waals surface area (Å²) in [6, 6.07) is 7.79. The van der Waals surface area contributed by atoms with Crippen LogP contribution in [0.3, 0.4) is 0 Å². The van der Waals surface area contributed by atoms with Gasteiger partial charge in [-0.15, -0.1) is 0 Å². The molecule has 0 saturated carbocycles. The first-order valence-electron chi connectivity index (χ1n) is 5.53. The molecule has 1 amide bonds. The van der Waals surface area contributed by atoms with Crippen LogP contribution in [0.4, 0.5) is 11.5 Å². The second-order valence-corrected chi connectivity index (χ2v) is 4.84. The Bertz CT molecular complexity index is 671. The summed E-state index contributed by atoms with van der Waals surface area (Å²) in [4.78, 5) is 26.1. The number of halogens is 1. The minimum Gasteiger partial charge on any atom is -0.478 e. The van der Waals surface area contributed by atoms with E-state index in [1.54, 1.807) is 24.3 Å². The normalized spacial score (nSPS) is 10.1. The van der Waals surface area contributed by atoms with Gasteiger partial charge in [-0.25, -0.2) is 9.78 Å². The summed E-state index contributed by atoms with van der Waals surface area (Å²) >= 11 is 3.17. The number of nitrogens with zero attached hydrogens (tertiary/aromatic N) is 1. The summed E-state index contributed by atoms with van der Waals surface area (Å²) in [5.41, 5.74) is 6.16. The van der Waals surface area contributed by atoms with E-state index in [9.17, 15) is 9.59 Å². The molecule has 4 N–H and O–H groups in total. The highest BCUT2D eigenvalue weighted by molar-refractivity contribution is 9.10. The highest BCUT2D eigenvalue weighted by Gasteiger charge is 2.12. The number of aromatic carboxylic acids is 1. The van der Waals surface area contributed by atoms with E-state index in [1.807, 2.05) is 0 Å². The number of benzene rings is 1. The van der Waals surface area contributed by atoms with Crippen molar-refractivity contribution in [2.75, 3.05) is 5.32 Å². The van der Waals surface area contributed by atoms with Crippen LogP contribution in [0.2, 0.25) is 0 Å². The molecule has 20 heavy (non-hydrogen) atoms. The van der Waals surface area contributed by atoms with Crippen molar-refractivity contribution in [3.8, 4) is 0 Å². The van der Waals surface area contributed by atoms with Gasteiger partial charge >= 0.3 is 5.97 Å². The third-order valence-corrected chi connectivity index (χ3v) is 2.95. The van der Waals surface area contributed by atoms with Gasteiger partial charge in [-0.2, -0.15) is 0 Å². The van der Waals surface area contributed by atoms with Gasteiger partial charge in [0.15, 0.2) is 0 Å². The number of anilines is 2. The Balaban J connectivity index is 2.30. The summed E-state index contributed by atoms with van der Waals surface area (Å²) in [7, 11) is 0. The summed E-state index contributed by atoms with van der Waals surface area (Å²) in [6.07, 6.45) is 1.49. The molecule has 0 aliphatic carbocycles. The molecule has 1 heterocycles. The van der Waals surface area contributed by atoms with E-state index in [0.29, 0.717) is 15.7 Å². The van der Waals surface area contributed by atoms with Crippen LogP contribution in [0, 0.1) is 0 Å². The number of carboxylic acid groups (broad SMARTS) is 1. The smallest absolute Gasteiger partial charge is 0.339 e. The Labute approximate surface area is 122 Å². The number of primary amides is 1. The average Bonchev–Trinajstić information content (AvgIpc) is 2.41. The van der Waals surface area contributed by atoms with Crippen LogP contribution in [0.25, 0.3) is 0 Å². The zero-order valence-corrected chi connectivity index (χ0v) is 11.7. The van der Waals surface area contributed by atoms with Crippen molar-refractivity contribution in [1.82, 2.24) is 4.98 Å². The van der Waals surface area contributed by atoms with E-state index >= 15 is 0 Å². The standard InChI is InChI=1S/C13H10BrN3O3/c14-8-5-10(13(19)20)12(16-6-8)17-9-3-1-7(2-4-9)11(15)18/h1-6H,(H2,15,18)(H,16,17)(H,19,20). The third-order valence-electron chi connectivity index (χ3n) is 2.52. The fraction of sp³-hybridized carbons (Fsp3) is 0. The van der Waals surface area contributed by atoms with Gasteiger partial charge in [0.05, 0.1) is 0 Å². The number of aromatic nitrogens is 1. The van der Waals surface area contributed by atoms with Crippen molar-refractivity contribution in [2.45, 2.75) is 0 Å². The number of hydrogen-bond acceptors (Lipinski definition) is 4. The minimum absolute atomic E-state index is 0.0401. The van der Waals surface area contributed by atoms with Crippen LogP contribution in [0.5, 0.6) is 0 Å². The Morgan fingerprint density at radius 2 is 1.90 bits per heavy atom. The second-order valence-electron chi connectivity index (χ2n) is 3.92. The molecule has 2 rings (SSSR count). The summed E-state index contributed by atoms with van der Waals surface area (Å²) in [6.45, 7) is 0. The molecule has 6 nitrogen and oxygen atoms in total. The maximum absolute atomic E-state index is 11.1. The molecular weight excluding hydrogens is 326 g/mol. The molecule has 0 aliphatic heterocycles. The van der Waals surface area contributed by atoms with Crippen molar-refractivity contribution in [3.05, 3.63) is 52.1 Å². The van der Waals surface area contributed by atoms with Gasteiger partial charge in [-0.05, 0) is 46.3 Å². The lowest BCUT2D eigenvalue weighted by Crippen LogP contribution is -2.10. The molecule has 2 aromatic rings. The van der Waals surface area contributed by atoms with Crippen LogP contribution in [0.1, 0.15) is 20.7 Å². The predicted molar refractivity (Wildman–Crippen MR) is 77.1 cm³/mol. The summed E-state index contributed by atoms with van der Waals surface area (Å²) < 4.78 is 0.574. The van der Waals surface area contributed by atoms with Gasteiger partial charge < -0.3 is 16.2 Å². The largest absolute Gasteiger partial charge is 0.478 e. The first-order chi connectivity index (χ1) is 9.47. The molecule has 1 aromatic carbocycles. The van der Waals surface area contributed by atoms with E-state index in [4.69, 9.17) is 10.8 Å². The SMILES string of the molecule is NC(=O)c1ccc(Nc2ncc(Br)cc2C(=O)O)cc1. The maximum atomic E-state index is 11.1. The molecule has 0 saturated heterocycles. The molecule has 0 fully saturated rings. The number of nitrogens with one attached hydrogen (secondary N) is 1. The Hall–Kier alpha value is -2.41. The van der Waals surface area contributed by atoms with E-state index in [-0.39, 0.29) is 11.4 Å². The van der Waals surface area contributed by atoms with Gasteiger partial charge in [-0.1, -0.05) is 0 Å². The molecule has 0 spiro atoms. The molecule has 0 radical (unpaired) electrons. The van der Waals surface area contributed by atoms with E-state index in [1.165, 1.54) is 12.3 Å². The van der Waals surface area contributed by atoms with Gasteiger partial charge in [0, 0.05) is 21.9 Å². The zero-order chi connectivity index (χ0) is 14.7. The fourth-order valence-electron chi connectivity index (χ4n) is 1.56. The lowest BCUT2D eigenvalue weighted by atomic mass is 10.2. The average molecular weight is 336 g/mol. The third kappa shape index (κ3) is 3.12. The second kappa shape index (κ2) is 5.70. The van der Waals surface area contributed by atoms with E-state index < -0.39 is 11.9 Å². The topological polar surface area (TPSA) is 105 Å². The first kappa shape index (κ1) is 14.0. The molecule has 0 unspecified atom stereocenters. The number of pyridine rings is 1. The molecule has 0 atom stereocenters. The number of nitrogens with two attached hydrogens (primary N) is 1. The van der Waals surface area contributed by atoms with Gasteiger partial charge in [0.25, 0.3) is 0 Å². The molecule has 0 bridgehead atoms. The highest BCUT2D eigenvalue weighted by Crippen LogP contribution is 2.22. The van der Waals surface area contributed by atoms with Crippen molar-refractivity contribution in [1.29, 1.82) is 0 Å². The van der Waals surface area contributed by atoms with Crippen LogP contribution < -0.4 is 11.1 Å². The van der Waals surface area contributed by atoms with Gasteiger partial charge in [0.2, 0.25) is 5.91 Å². The molecule has 7 heteroatoms. The number of carboxylic acids is 1. The van der Waals surface area contributed by atoms with Crippen molar-refractivity contribution in [3.63, 3.8) is 0 Å². The van der Waals surface area contributed by atoms with Gasteiger partial charge in [-0.3, -0.25) is 4.79 Å². The maximum Gasteiger partial charge on any atom is 0.339 e. The lowest BCUT2D eigenvalue weighted by molar-refractivity contribution is 0.0697. The van der Waals surface area contributed by atoms with E-state index in [0.717, 1.165) is 0 Å². The Morgan fingerprint density at radius 1 is 1.25 bits per heavy atom. The molecular formula is C13H10BrN3O3. The summed E-state index contributed by atoms with van der Waals surface area (Å²) in [5.74, 6) is -1.40. The quantitative estimate of drug-likeness (QED) is 0.795. The Morgan fingerprint density at radius 3 is 2.45 bits per heavy atom. The first-order valence-corrected chi connectivity index (χ1v) is 6.32. The minimum atomic E-state index is -1.09. The van der Waals surface area contributed by atoms with Gasteiger partial charge in [0.1, 0.15) is 11.4 Å². The fourth-order valence-corrected chi connectivity index (χ4v) is 1.89. The lowest BCUT2D eigenvalue weighted by Gasteiger charge is -2.09.